The maximum absolute atomic E-state index is 13.7. The quantitative estimate of drug-likeness (QED) is 0.835. The van der Waals surface area contributed by atoms with Gasteiger partial charge in [0.05, 0.1) is 11.6 Å². The number of fused-ring (bicyclic) bond motifs is 1. The van der Waals surface area contributed by atoms with Gasteiger partial charge in [-0.25, -0.2) is 13.2 Å². The van der Waals surface area contributed by atoms with E-state index in [2.05, 4.69) is 10.6 Å². The molecule has 3 rings (SSSR count). The Balaban J connectivity index is 1.90. The molecule has 1 heterocycles. The van der Waals surface area contributed by atoms with Gasteiger partial charge in [-0.3, -0.25) is 9.59 Å². The number of rotatable bonds is 2. The lowest BCUT2D eigenvalue weighted by atomic mass is 9.90. The molecule has 2 N–H and O–H groups in total. The first-order valence-electron chi connectivity index (χ1n) is 6.80. The summed E-state index contributed by atoms with van der Waals surface area (Å²) in [5.41, 5.74) is 0.597. The Bertz CT molecular complexity index is 808. The zero-order valence-corrected chi connectivity index (χ0v) is 11.7. The Morgan fingerprint density at radius 2 is 1.83 bits per heavy atom. The van der Waals surface area contributed by atoms with Crippen LogP contribution in [-0.4, -0.2) is 11.8 Å². The number of nitrogens with one attached hydrogen (secondary N) is 2. The van der Waals surface area contributed by atoms with E-state index in [0.717, 1.165) is 12.1 Å². The number of halogens is 3. The molecule has 0 fully saturated rings. The molecule has 1 unspecified atom stereocenters. The Morgan fingerprint density at radius 1 is 1.09 bits per heavy atom. The topological polar surface area (TPSA) is 58.2 Å². The van der Waals surface area contributed by atoms with E-state index in [1.54, 1.807) is 24.3 Å². The van der Waals surface area contributed by atoms with Gasteiger partial charge in [0.25, 0.3) is 0 Å². The molecule has 118 valence electrons. The van der Waals surface area contributed by atoms with E-state index < -0.39 is 35.0 Å². The summed E-state index contributed by atoms with van der Waals surface area (Å²) >= 11 is 0. The van der Waals surface area contributed by atoms with Crippen LogP contribution in [0.15, 0.2) is 36.4 Å². The molecule has 23 heavy (non-hydrogen) atoms. The lowest BCUT2D eigenvalue weighted by Crippen LogP contribution is -2.31. The molecule has 2 aromatic rings. The molecule has 4 nitrogen and oxygen atoms in total. The van der Waals surface area contributed by atoms with Gasteiger partial charge in [-0.15, -0.1) is 0 Å². The van der Waals surface area contributed by atoms with Gasteiger partial charge in [-0.05, 0) is 23.8 Å². The molecular formula is C16H11F3N2O2. The molecule has 0 bridgehead atoms. The normalized spacial score (nSPS) is 16.5. The summed E-state index contributed by atoms with van der Waals surface area (Å²) in [5, 5.41) is 4.84. The van der Waals surface area contributed by atoms with Crippen LogP contribution in [-0.2, 0) is 9.59 Å². The first kappa shape index (κ1) is 15.1. The van der Waals surface area contributed by atoms with E-state index in [9.17, 15) is 22.8 Å². The van der Waals surface area contributed by atoms with E-state index >= 15 is 0 Å². The summed E-state index contributed by atoms with van der Waals surface area (Å²) in [6.07, 6.45) is -0.117. The second-order valence-electron chi connectivity index (χ2n) is 5.10. The SMILES string of the molecule is O=C1CC(C(=O)Nc2ccc(F)c(F)c2F)c2ccccc2N1. The molecule has 1 atom stereocenters. The molecule has 0 aromatic heterocycles. The van der Waals surface area contributed by atoms with Crippen molar-refractivity contribution in [3.05, 3.63) is 59.4 Å². The summed E-state index contributed by atoms with van der Waals surface area (Å²) in [6.45, 7) is 0. The molecule has 0 saturated heterocycles. The van der Waals surface area contributed by atoms with Crippen molar-refractivity contribution >= 4 is 23.2 Å². The van der Waals surface area contributed by atoms with Gasteiger partial charge in [0.2, 0.25) is 11.8 Å². The Labute approximate surface area is 129 Å². The van der Waals surface area contributed by atoms with Gasteiger partial charge in [-0.1, -0.05) is 18.2 Å². The third-order valence-corrected chi connectivity index (χ3v) is 3.61. The van der Waals surface area contributed by atoms with Crippen molar-refractivity contribution in [1.29, 1.82) is 0 Å². The van der Waals surface area contributed by atoms with Crippen LogP contribution in [0.5, 0.6) is 0 Å². The number of benzene rings is 2. The van der Waals surface area contributed by atoms with Crippen LogP contribution >= 0.6 is 0 Å². The highest BCUT2D eigenvalue weighted by Gasteiger charge is 2.31. The van der Waals surface area contributed by atoms with Crippen molar-refractivity contribution in [1.82, 2.24) is 0 Å². The third-order valence-electron chi connectivity index (χ3n) is 3.61. The van der Waals surface area contributed by atoms with Crippen LogP contribution in [0.2, 0.25) is 0 Å². The number of amides is 2. The van der Waals surface area contributed by atoms with E-state index in [-0.39, 0.29) is 12.3 Å². The molecule has 0 radical (unpaired) electrons. The van der Waals surface area contributed by atoms with E-state index in [1.165, 1.54) is 0 Å². The van der Waals surface area contributed by atoms with Gasteiger partial charge in [0.1, 0.15) is 0 Å². The standard InChI is InChI=1S/C16H11F3N2O2/c17-10-5-6-12(15(19)14(10)18)21-16(23)9-7-13(22)20-11-4-2-1-3-8(9)11/h1-6,9H,7H2,(H,20,22)(H,21,23). The highest BCUT2D eigenvalue weighted by Crippen LogP contribution is 2.33. The number of hydrogen-bond donors (Lipinski definition) is 2. The second kappa shape index (κ2) is 5.75. The molecule has 7 heteroatoms. The summed E-state index contributed by atoms with van der Waals surface area (Å²) < 4.78 is 39.8. The number of carbonyl (C=O) groups excluding carboxylic acids is 2. The largest absolute Gasteiger partial charge is 0.326 e. The Kier molecular flexibility index (Phi) is 3.77. The minimum Gasteiger partial charge on any atom is -0.326 e. The lowest BCUT2D eigenvalue weighted by molar-refractivity contribution is -0.123. The molecule has 1 aliphatic rings. The molecule has 0 spiro atoms. The maximum Gasteiger partial charge on any atom is 0.232 e. The predicted octanol–water partition coefficient (Wildman–Crippen LogP) is 3.17. The summed E-state index contributed by atoms with van der Waals surface area (Å²) in [7, 11) is 0. The minimum absolute atomic E-state index is 0.117. The minimum atomic E-state index is -1.66. The van der Waals surface area contributed by atoms with Crippen molar-refractivity contribution in [3.8, 4) is 0 Å². The van der Waals surface area contributed by atoms with E-state index in [1.807, 2.05) is 0 Å². The van der Waals surface area contributed by atoms with Crippen LogP contribution < -0.4 is 10.6 Å². The van der Waals surface area contributed by atoms with Crippen LogP contribution in [0.4, 0.5) is 24.5 Å². The fourth-order valence-electron chi connectivity index (χ4n) is 2.49. The van der Waals surface area contributed by atoms with Crippen LogP contribution in [0.3, 0.4) is 0 Å². The molecule has 2 amide bonds. The first-order chi connectivity index (χ1) is 11.0. The Hall–Kier alpha value is -2.83. The molecule has 2 aromatic carbocycles. The van der Waals surface area contributed by atoms with E-state index in [0.29, 0.717) is 11.3 Å². The predicted molar refractivity (Wildman–Crippen MR) is 77.4 cm³/mol. The van der Waals surface area contributed by atoms with Crippen molar-refractivity contribution in [2.24, 2.45) is 0 Å². The number of anilines is 2. The van der Waals surface area contributed by atoms with Crippen LogP contribution in [0.25, 0.3) is 0 Å². The zero-order chi connectivity index (χ0) is 16.6. The van der Waals surface area contributed by atoms with Crippen molar-refractivity contribution in [2.75, 3.05) is 10.6 Å². The molecule has 0 aliphatic carbocycles. The second-order valence-corrected chi connectivity index (χ2v) is 5.10. The van der Waals surface area contributed by atoms with Gasteiger partial charge in [-0.2, -0.15) is 0 Å². The van der Waals surface area contributed by atoms with Crippen LogP contribution in [0, 0.1) is 17.5 Å². The Morgan fingerprint density at radius 3 is 2.61 bits per heavy atom. The van der Waals surface area contributed by atoms with Gasteiger partial charge in [0.15, 0.2) is 17.5 Å². The monoisotopic (exact) mass is 320 g/mol. The lowest BCUT2D eigenvalue weighted by Gasteiger charge is -2.24. The van der Waals surface area contributed by atoms with Crippen molar-refractivity contribution in [2.45, 2.75) is 12.3 Å². The highest BCUT2D eigenvalue weighted by atomic mass is 19.2. The summed E-state index contributed by atoms with van der Waals surface area (Å²) in [5.74, 6) is -6.35. The summed E-state index contributed by atoms with van der Waals surface area (Å²) in [4.78, 5) is 24.0. The first-order valence-corrected chi connectivity index (χ1v) is 6.80. The average molecular weight is 320 g/mol. The summed E-state index contributed by atoms with van der Waals surface area (Å²) in [6, 6.07) is 8.37. The fourth-order valence-corrected chi connectivity index (χ4v) is 2.49. The van der Waals surface area contributed by atoms with E-state index in [4.69, 9.17) is 0 Å². The van der Waals surface area contributed by atoms with Gasteiger partial charge < -0.3 is 10.6 Å². The zero-order valence-electron chi connectivity index (χ0n) is 11.7. The number of hydrogen-bond acceptors (Lipinski definition) is 2. The maximum atomic E-state index is 13.7. The van der Waals surface area contributed by atoms with Crippen LogP contribution in [0.1, 0.15) is 17.9 Å². The van der Waals surface area contributed by atoms with Crippen molar-refractivity contribution < 1.29 is 22.8 Å². The fraction of sp³-hybridized carbons (Fsp3) is 0.125. The van der Waals surface area contributed by atoms with Gasteiger partial charge >= 0.3 is 0 Å². The third kappa shape index (κ3) is 2.77. The number of carbonyl (C=O) groups is 2. The number of para-hydroxylation sites is 1. The molecule has 0 saturated carbocycles. The smallest absolute Gasteiger partial charge is 0.232 e. The average Bonchev–Trinajstić information content (AvgIpc) is 2.54. The van der Waals surface area contributed by atoms with Gasteiger partial charge in [0, 0.05) is 12.1 Å². The molecular weight excluding hydrogens is 309 g/mol. The molecule has 1 aliphatic heterocycles. The van der Waals surface area contributed by atoms with Crippen molar-refractivity contribution in [3.63, 3.8) is 0 Å². The highest BCUT2D eigenvalue weighted by molar-refractivity contribution is 6.05.